The Morgan fingerprint density at radius 2 is 2.09 bits per heavy atom. The van der Waals surface area contributed by atoms with E-state index in [9.17, 15) is 5.11 Å². The van der Waals surface area contributed by atoms with Crippen LogP contribution in [0.1, 0.15) is 29.4 Å². The number of aliphatic hydroxyl groups is 1. The molecule has 0 amide bonds. The molecular weight excluding hydrogens is 310 g/mol. The second-order valence-electron chi connectivity index (χ2n) is 5.86. The van der Waals surface area contributed by atoms with Gasteiger partial charge in [-0.05, 0) is 42.5 Å². The summed E-state index contributed by atoms with van der Waals surface area (Å²) in [5.74, 6) is 1.43. The van der Waals surface area contributed by atoms with Crippen LogP contribution in [0.15, 0.2) is 35.7 Å². The van der Waals surface area contributed by atoms with Gasteiger partial charge in [0.25, 0.3) is 0 Å². The lowest BCUT2D eigenvalue weighted by Gasteiger charge is -2.25. The van der Waals surface area contributed by atoms with Crippen LogP contribution in [0.5, 0.6) is 11.5 Å². The van der Waals surface area contributed by atoms with Gasteiger partial charge in [-0.3, -0.25) is 4.90 Å². The molecule has 1 aromatic carbocycles. The SMILES string of the molecule is COc1ccc(OC)c([C@H](O)CN(Cc2cccs2)C2CC2)c1. The molecule has 1 saturated carbocycles. The van der Waals surface area contributed by atoms with Gasteiger partial charge in [0.1, 0.15) is 11.5 Å². The van der Waals surface area contributed by atoms with Crippen LogP contribution >= 0.6 is 11.3 Å². The highest BCUT2D eigenvalue weighted by Gasteiger charge is 2.31. The second-order valence-corrected chi connectivity index (χ2v) is 6.90. The molecule has 0 saturated heterocycles. The molecule has 0 radical (unpaired) electrons. The minimum Gasteiger partial charge on any atom is -0.497 e. The van der Waals surface area contributed by atoms with Crippen LogP contribution in [0, 0.1) is 0 Å². The molecular formula is C18H23NO3S. The van der Waals surface area contributed by atoms with Gasteiger partial charge in [0, 0.05) is 29.6 Å². The molecule has 3 rings (SSSR count). The molecule has 0 aliphatic heterocycles. The zero-order valence-electron chi connectivity index (χ0n) is 13.6. The van der Waals surface area contributed by atoms with Gasteiger partial charge < -0.3 is 14.6 Å². The van der Waals surface area contributed by atoms with Gasteiger partial charge in [-0.15, -0.1) is 11.3 Å². The fourth-order valence-corrected chi connectivity index (χ4v) is 3.53. The number of benzene rings is 1. The van der Waals surface area contributed by atoms with E-state index in [1.165, 1.54) is 17.7 Å². The molecule has 1 aromatic heterocycles. The van der Waals surface area contributed by atoms with E-state index in [1.54, 1.807) is 25.6 Å². The lowest BCUT2D eigenvalue weighted by Crippen LogP contribution is -2.30. The van der Waals surface area contributed by atoms with Crippen molar-refractivity contribution in [1.82, 2.24) is 4.90 Å². The summed E-state index contributed by atoms with van der Waals surface area (Å²) in [6, 6.07) is 10.4. The summed E-state index contributed by atoms with van der Waals surface area (Å²) in [4.78, 5) is 3.71. The van der Waals surface area contributed by atoms with Gasteiger partial charge in [-0.25, -0.2) is 0 Å². The smallest absolute Gasteiger partial charge is 0.124 e. The maximum Gasteiger partial charge on any atom is 0.124 e. The van der Waals surface area contributed by atoms with Crippen LogP contribution in [0.3, 0.4) is 0 Å². The molecule has 1 N–H and O–H groups in total. The Labute approximate surface area is 141 Å². The summed E-state index contributed by atoms with van der Waals surface area (Å²) < 4.78 is 10.7. The van der Waals surface area contributed by atoms with E-state index in [4.69, 9.17) is 9.47 Å². The number of hydrogen-bond donors (Lipinski definition) is 1. The second kappa shape index (κ2) is 7.34. The fourth-order valence-electron chi connectivity index (χ4n) is 2.81. The molecule has 124 valence electrons. The number of hydrogen-bond acceptors (Lipinski definition) is 5. The van der Waals surface area contributed by atoms with Crippen LogP contribution in [0.25, 0.3) is 0 Å². The summed E-state index contributed by atoms with van der Waals surface area (Å²) in [6.07, 6.45) is 1.83. The predicted octanol–water partition coefficient (Wildman–Crippen LogP) is 3.46. The van der Waals surface area contributed by atoms with Crippen LogP contribution < -0.4 is 9.47 Å². The Hall–Kier alpha value is -1.56. The Bertz CT molecular complexity index is 625. The van der Waals surface area contributed by atoms with E-state index in [-0.39, 0.29) is 0 Å². The van der Waals surface area contributed by atoms with Crippen molar-refractivity contribution in [3.63, 3.8) is 0 Å². The first-order valence-electron chi connectivity index (χ1n) is 7.87. The van der Waals surface area contributed by atoms with Crippen molar-refractivity contribution in [3.05, 3.63) is 46.2 Å². The Morgan fingerprint density at radius 1 is 1.26 bits per heavy atom. The predicted molar refractivity (Wildman–Crippen MR) is 92.3 cm³/mol. The standard InChI is InChI=1S/C18H23NO3S/c1-21-14-7-8-18(22-2)16(10-14)17(20)12-19(13-5-6-13)11-15-4-3-9-23-15/h3-4,7-10,13,17,20H,5-6,11-12H2,1-2H3/t17-/m1/s1. The Kier molecular flexibility index (Phi) is 5.20. The maximum absolute atomic E-state index is 10.8. The van der Waals surface area contributed by atoms with E-state index < -0.39 is 6.10 Å². The lowest BCUT2D eigenvalue weighted by molar-refractivity contribution is 0.102. The summed E-state index contributed by atoms with van der Waals surface area (Å²) >= 11 is 1.77. The van der Waals surface area contributed by atoms with E-state index in [0.29, 0.717) is 18.3 Å². The summed E-state index contributed by atoms with van der Waals surface area (Å²) in [5, 5.41) is 12.9. The first kappa shape index (κ1) is 16.3. The third kappa shape index (κ3) is 4.05. The number of aliphatic hydroxyl groups excluding tert-OH is 1. The monoisotopic (exact) mass is 333 g/mol. The highest BCUT2D eigenvalue weighted by Crippen LogP contribution is 2.34. The topological polar surface area (TPSA) is 41.9 Å². The molecule has 1 aliphatic carbocycles. The third-order valence-corrected chi connectivity index (χ3v) is 5.07. The first-order chi connectivity index (χ1) is 11.2. The summed E-state index contributed by atoms with van der Waals surface area (Å²) in [6.45, 7) is 1.50. The van der Waals surface area contributed by atoms with Crippen molar-refractivity contribution >= 4 is 11.3 Å². The van der Waals surface area contributed by atoms with E-state index in [2.05, 4.69) is 22.4 Å². The van der Waals surface area contributed by atoms with Gasteiger partial charge in [-0.2, -0.15) is 0 Å². The minimum atomic E-state index is -0.597. The van der Waals surface area contributed by atoms with E-state index in [1.807, 2.05) is 18.2 Å². The molecule has 0 bridgehead atoms. The van der Waals surface area contributed by atoms with Gasteiger partial charge in [-0.1, -0.05) is 6.07 Å². The highest BCUT2D eigenvalue weighted by molar-refractivity contribution is 7.09. The number of thiophene rings is 1. The molecule has 0 unspecified atom stereocenters. The van der Waals surface area contributed by atoms with Gasteiger partial charge in [0.15, 0.2) is 0 Å². The largest absolute Gasteiger partial charge is 0.497 e. The molecule has 1 aliphatic rings. The lowest BCUT2D eigenvalue weighted by atomic mass is 10.1. The first-order valence-corrected chi connectivity index (χ1v) is 8.75. The number of nitrogens with zero attached hydrogens (tertiary/aromatic N) is 1. The van der Waals surface area contributed by atoms with Crippen molar-refractivity contribution < 1.29 is 14.6 Å². The fraction of sp³-hybridized carbons (Fsp3) is 0.444. The quantitative estimate of drug-likeness (QED) is 0.803. The van der Waals surface area contributed by atoms with Crippen LogP contribution in [0.2, 0.25) is 0 Å². The van der Waals surface area contributed by atoms with Crippen LogP contribution in [-0.4, -0.2) is 36.8 Å². The molecule has 23 heavy (non-hydrogen) atoms. The Balaban J connectivity index is 1.74. The molecule has 1 atom stereocenters. The summed E-state index contributed by atoms with van der Waals surface area (Å²) in [7, 11) is 3.26. The third-order valence-electron chi connectivity index (χ3n) is 4.21. The minimum absolute atomic E-state index is 0.586. The van der Waals surface area contributed by atoms with Crippen molar-refractivity contribution in [2.75, 3.05) is 20.8 Å². The molecule has 1 fully saturated rings. The van der Waals surface area contributed by atoms with Crippen molar-refractivity contribution in [2.24, 2.45) is 0 Å². The molecule has 0 spiro atoms. The number of rotatable bonds is 8. The van der Waals surface area contributed by atoms with Gasteiger partial charge in [0.05, 0.1) is 20.3 Å². The maximum atomic E-state index is 10.8. The zero-order chi connectivity index (χ0) is 16.2. The zero-order valence-corrected chi connectivity index (χ0v) is 14.4. The number of ether oxygens (including phenoxy) is 2. The normalized spacial score (nSPS) is 15.7. The molecule has 4 nitrogen and oxygen atoms in total. The van der Waals surface area contributed by atoms with Crippen molar-refractivity contribution in [2.45, 2.75) is 31.5 Å². The molecule has 5 heteroatoms. The van der Waals surface area contributed by atoms with Crippen LogP contribution in [-0.2, 0) is 6.54 Å². The van der Waals surface area contributed by atoms with E-state index >= 15 is 0 Å². The molecule has 1 heterocycles. The van der Waals surface area contributed by atoms with Crippen molar-refractivity contribution in [3.8, 4) is 11.5 Å². The van der Waals surface area contributed by atoms with Gasteiger partial charge >= 0.3 is 0 Å². The molecule has 2 aromatic rings. The van der Waals surface area contributed by atoms with Gasteiger partial charge in [0.2, 0.25) is 0 Å². The van der Waals surface area contributed by atoms with Crippen molar-refractivity contribution in [1.29, 1.82) is 0 Å². The Morgan fingerprint density at radius 3 is 2.70 bits per heavy atom. The van der Waals surface area contributed by atoms with Crippen LogP contribution in [0.4, 0.5) is 0 Å². The number of methoxy groups -OCH3 is 2. The van der Waals surface area contributed by atoms with E-state index in [0.717, 1.165) is 17.9 Å². The average molecular weight is 333 g/mol. The summed E-state index contributed by atoms with van der Waals surface area (Å²) in [5.41, 5.74) is 0.781. The average Bonchev–Trinajstić information content (AvgIpc) is 3.31. The highest BCUT2D eigenvalue weighted by atomic mass is 32.1.